The first-order valence-electron chi connectivity index (χ1n) is 5.34. The molecule has 1 amide bonds. The van der Waals surface area contributed by atoms with E-state index in [0.717, 1.165) is 16.3 Å². The molecule has 0 fully saturated rings. The van der Waals surface area contributed by atoms with Crippen LogP contribution in [-0.4, -0.2) is 12.5 Å². The highest BCUT2D eigenvalue weighted by Crippen LogP contribution is 2.27. The maximum Gasteiger partial charge on any atom is 0.255 e. The van der Waals surface area contributed by atoms with Crippen LogP contribution in [0.1, 0.15) is 5.56 Å². The molecule has 2 rings (SSSR count). The third-order valence-electron chi connectivity index (χ3n) is 2.57. The highest BCUT2D eigenvalue weighted by atomic mass is 16.5. The molecular weight excluding hydrogens is 216 g/mol. The van der Waals surface area contributed by atoms with E-state index in [9.17, 15) is 4.79 Å². The lowest BCUT2D eigenvalue weighted by atomic mass is 10.0. The van der Waals surface area contributed by atoms with Crippen LogP contribution in [-0.2, 0) is 11.3 Å². The molecule has 0 atom stereocenters. The normalized spacial score (nSPS) is 10.4. The minimum atomic E-state index is -0.499. The second-order valence-corrected chi connectivity index (χ2v) is 3.72. The third kappa shape index (κ3) is 2.37. The number of benzene rings is 2. The lowest BCUT2D eigenvalue weighted by Crippen LogP contribution is -2.20. The van der Waals surface area contributed by atoms with Crippen LogP contribution < -0.4 is 16.2 Å². The Labute approximate surface area is 99.2 Å². The lowest BCUT2D eigenvalue weighted by molar-refractivity contribution is -0.119. The van der Waals surface area contributed by atoms with Gasteiger partial charge in [-0.25, -0.2) is 0 Å². The minimum absolute atomic E-state index is 0.134. The Morgan fingerprint density at radius 2 is 1.94 bits per heavy atom. The van der Waals surface area contributed by atoms with Crippen LogP contribution in [0.3, 0.4) is 0 Å². The van der Waals surface area contributed by atoms with E-state index in [0.29, 0.717) is 12.3 Å². The van der Waals surface area contributed by atoms with E-state index in [4.69, 9.17) is 16.2 Å². The molecule has 0 aliphatic rings. The zero-order valence-electron chi connectivity index (χ0n) is 9.35. The molecule has 88 valence electrons. The van der Waals surface area contributed by atoms with E-state index < -0.39 is 5.91 Å². The van der Waals surface area contributed by atoms with E-state index in [1.807, 2.05) is 36.4 Å². The second kappa shape index (κ2) is 4.84. The predicted molar refractivity (Wildman–Crippen MR) is 66.5 cm³/mol. The SMILES string of the molecule is NCc1c(OCC(N)=O)ccc2ccccc12. The molecule has 0 radical (unpaired) electrons. The molecule has 0 bridgehead atoms. The van der Waals surface area contributed by atoms with Crippen molar-refractivity contribution in [3.8, 4) is 5.75 Å². The van der Waals surface area contributed by atoms with Crippen molar-refractivity contribution < 1.29 is 9.53 Å². The minimum Gasteiger partial charge on any atom is -0.483 e. The zero-order chi connectivity index (χ0) is 12.3. The maximum absolute atomic E-state index is 10.7. The van der Waals surface area contributed by atoms with Crippen molar-refractivity contribution in [2.45, 2.75) is 6.54 Å². The average Bonchev–Trinajstić information content (AvgIpc) is 2.35. The molecular formula is C13H14N2O2. The van der Waals surface area contributed by atoms with E-state index >= 15 is 0 Å². The number of carbonyl (C=O) groups is 1. The van der Waals surface area contributed by atoms with Gasteiger partial charge >= 0.3 is 0 Å². The second-order valence-electron chi connectivity index (χ2n) is 3.72. The number of rotatable bonds is 4. The third-order valence-corrected chi connectivity index (χ3v) is 2.57. The van der Waals surface area contributed by atoms with Gasteiger partial charge in [0.25, 0.3) is 5.91 Å². The smallest absolute Gasteiger partial charge is 0.255 e. The van der Waals surface area contributed by atoms with Crippen molar-refractivity contribution in [2.24, 2.45) is 11.5 Å². The van der Waals surface area contributed by atoms with Gasteiger partial charge in [-0.3, -0.25) is 4.79 Å². The Balaban J connectivity index is 2.45. The summed E-state index contributed by atoms with van der Waals surface area (Å²) in [5.74, 6) is 0.117. The largest absolute Gasteiger partial charge is 0.483 e. The number of carbonyl (C=O) groups excluding carboxylic acids is 1. The number of hydrogen-bond donors (Lipinski definition) is 2. The summed E-state index contributed by atoms with van der Waals surface area (Å²) in [5.41, 5.74) is 11.7. The molecule has 4 heteroatoms. The van der Waals surface area contributed by atoms with Gasteiger partial charge < -0.3 is 16.2 Å². The molecule has 0 heterocycles. The van der Waals surface area contributed by atoms with Gasteiger partial charge in [-0.2, -0.15) is 0 Å². The van der Waals surface area contributed by atoms with Gasteiger partial charge in [0.05, 0.1) is 0 Å². The van der Waals surface area contributed by atoms with Crippen LogP contribution in [0.4, 0.5) is 0 Å². The van der Waals surface area contributed by atoms with Crippen molar-refractivity contribution >= 4 is 16.7 Å². The quantitative estimate of drug-likeness (QED) is 0.827. The summed E-state index contributed by atoms with van der Waals surface area (Å²) in [6.45, 7) is 0.223. The molecule has 17 heavy (non-hydrogen) atoms. The van der Waals surface area contributed by atoms with Crippen molar-refractivity contribution in [1.82, 2.24) is 0 Å². The fourth-order valence-corrected chi connectivity index (χ4v) is 1.81. The van der Waals surface area contributed by atoms with Gasteiger partial charge in [-0.15, -0.1) is 0 Å². The zero-order valence-corrected chi connectivity index (χ0v) is 9.35. The van der Waals surface area contributed by atoms with Crippen LogP contribution in [0.5, 0.6) is 5.75 Å². The molecule has 0 aliphatic carbocycles. The highest BCUT2D eigenvalue weighted by Gasteiger charge is 2.07. The van der Waals surface area contributed by atoms with Gasteiger partial charge in [0.1, 0.15) is 5.75 Å². The van der Waals surface area contributed by atoms with E-state index in [1.54, 1.807) is 0 Å². The molecule has 4 N–H and O–H groups in total. The van der Waals surface area contributed by atoms with Gasteiger partial charge in [0.15, 0.2) is 6.61 Å². The van der Waals surface area contributed by atoms with Gasteiger partial charge in [0.2, 0.25) is 0 Å². The number of nitrogens with two attached hydrogens (primary N) is 2. The number of fused-ring (bicyclic) bond motifs is 1. The molecule has 2 aromatic carbocycles. The van der Waals surface area contributed by atoms with Crippen LogP contribution in [0, 0.1) is 0 Å². The Morgan fingerprint density at radius 3 is 2.65 bits per heavy atom. The summed E-state index contributed by atoms with van der Waals surface area (Å²) in [7, 11) is 0. The van der Waals surface area contributed by atoms with Gasteiger partial charge in [-0.1, -0.05) is 30.3 Å². The fourth-order valence-electron chi connectivity index (χ4n) is 1.81. The summed E-state index contributed by atoms with van der Waals surface area (Å²) < 4.78 is 5.34. The first-order chi connectivity index (χ1) is 8.22. The predicted octanol–water partition coefficient (Wildman–Crippen LogP) is 1.16. The highest BCUT2D eigenvalue weighted by molar-refractivity contribution is 5.87. The van der Waals surface area contributed by atoms with Gasteiger partial charge in [-0.05, 0) is 16.8 Å². The van der Waals surface area contributed by atoms with E-state index in [2.05, 4.69) is 0 Å². The van der Waals surface area contributed by atoms with Crippen LogP contribution in [0.15, 0.2) is 36.4 Å². The topological polar surface area (TPSA) is 78.3 Å². The maximum atomic E-state index is 10.7. The van der Waals surface area contributed by atoms with Gasteiger partial charge in [0, 0.05) is 12.1 Å². The number of hydrogen-bond acceptors (Lipinski definition) is 3. The average molecular weight is 230 g/mol. The van der Waals surface area contributed by atoms with Crippen molar-refractivity contribution in [3.05, 3.63) is 42.0 Å². The molecule has 0 saturated heterocycles. The number of ether oxygens (including phenoxy) is 1. The Kier molecular flexibility index (Phi) is 3.25. The van der Waals surface area contributed by atoms with E-state index in [-0.39, 0.29) is 6.61 Å². The molecule has 2 aromatic rings. The van der Waals surface area contributed by atoms with Crippen molar-refractivity contribution in [3.63, 3.8) is 0 Å². The molecule has 0 aliphatic heterocycles. The number of amides is 1. The van der Waals surface area contributed by atoms with E-state index in [1.165, 1.54) is 0 Å². The molecule has 0 aromatic heterocycles. The summed E-state index contributed by atoms with van der Waals surface area (Å²) >= 11 is 0. The summed E-state index contributed by atoms with van der Waals surface area (Å²) in [6.07, 6.45) is 0. The first-order valence-corrected chi connectivity index (χ1v) is 5.34. The van der Waals surface area contributed by atoms with Crippen LogP contribution >= 0.6 is 0 Å². The first kappa shape index (κ1) is 11.4. The van der Waals surface area contributed by atoms with Crippen molar-refractivity contribution in [2.75, 3.05) is 6.61 Å². The standard InChI is InChI=1S/C13H14N2O2/c14-7-11-10-4-2-1-3-9(10)5-6-12(11)17-8-13(15)16/h1-6H,7-8,14H2,(H2,15,16). The monoisotopic (exact) mass is 230 g/mol. The lowest BCUT2D eigenvalue weighted by Gasteiger charge is -2.11. The summed E-state index contributed by atoms with van der Waals surface area (Å²) in [5, 5.41) is 2.14. The Morgan fingerprint density at radius 1 is 1.18 bits per heavy atom. The Bertz CT molecular complexity index is 552. The fraction of sp³-hybridized carbons (Fsp3) is 0.154. The summed E-state index contributed by atoms with van der Waals surface area (Å²) in [6, 6.07) is 11.6. The summed E-state index contributed by atoms with van der Waals surface area (Å²) in [4.78, 5) is 10.7. The molecule has 4 nitrogen and oxygen atoms in total. The Hall–Kier alpha value is -2.07. The van der Waals surface area contributed by atoms with Crippen LogP contribution in [0.2, 0.25) is 0 Å². The number of primary amides is 1. The molecule has 0 unspecified atom stereocenters. The van der Waals surface area contributed by atoms with Crippen LogP contribution in [0.25, 0.3) is 10.8 Å². The van der Waals surface area contributed by atoms with Crippen molar-refractivity contribution in [1.29, 1.82) is 0 Å². The molecule has 0 saturated carbocycles. The molecule has 0 spiro atoms.